The van der Waals surface area contributed by atoms with E-state index in [4.69, 9.17) is 9.15 Å². The largest absolute Gasteiger partial charge is 0.507 e. The van der Waals surface area contributed by atoms with Crippen molar-refractivity contribution in [1.82, 2.24) is 9.88 Å². The van der Waals surface area contributed by atoms with Crippen LogP contribution in [-0.2, 0) is 16.1 Å². The highest BCUT2D eigenvalue weighted by Crippen LogP contribution is 2.40. The van der Waals surface area contributed by atoms with Gasteiger partial charge in [0.2, 0.25) is 0 Å². The summed E-state index contributed by atoms with van der Waals surface area (Å²) in [7, 11) is 1.56. The van der Waals surface area contributed by atoms with E-state index in [2.05, 4.69) is 4.98 Å². The van der Waals surface area contributed by atoms with Crippen LogP contribution in [0.5, 0.6) is 5.75 Å². The van der Waals surface area contributed by atoms with Crippen molar-refractivity contribution in [2.24, 2.45) is 0 Å². The number of aryl methyl sites for hydroxylation is 1. The number of furan rings is 1. The number of amides is 1. The van der Waals surface area contributed by atoms with Gasteiger partial charge in [-0.3, -0.25) is 14.6 Å². The van der Waals surface area contributed by atoms with Crippen LogP contribution in [0, 0.1) is 6.92 Å². The smallest absolute Gasteiger partial charge is 0.296 e. The molecule has 7 heteroatoms. The quantitative estimate of drug-likeness (QED) is 0.397. The van der Waals surface area contributed by atoms with Gasteiger partial charge in [0.1, 0.15) is 17.3 Å². The molecule has 3 heterocycles. The molecule has 1 aromatic carbocycles. The number of rotatable bonds is 5. The van der Waals surface area contributed by atoms with E-state index in [-0.39, 0.29) is 17.9 Å². The number of aliphatic hydroxyl groups excluding tert-OH is 1. The first kappa shape index (κ1) is 19.4. The van der Waals surface area contributed by atoms with Gasteiger partial charge in [-0.2, -0.15) is 0 Å². The predicted octanol–water partition coefficient (Wildman–Crippen LogP) is 3.61. The number of hydrogen-bond donors (Lipinski definition) is 1. The van der Waals surface area contributed by atoms with Crippen molar-refractivity contribution in [2.45, 2.75) is 19.5 Å². The maximum atomic E-state index is 13.0. The lowest BCUT2D eigenvalue weighted by atomic mass is 9.95. The molecule has 0 bridgehead atoms. The summed E-state index contributed by atoms with van der Waals surface area (Å²) in [4.78, 5) is 31.4. The molecule has 3 aromatic rings. The van der Waals surface area contributed by atoms with Crippen molar-refractivity contribution in [3.8, 4) is 5.75 Å². The number of benzene rings is 1. The monoisotopic (exact) mass is 404 g/mol. The van der Waals surface area contributed by atoms with E-state index in [9.17, 15) is 14.7 Å². The van der Waals surface area contributed by atoms with Crippen LogP contribution in [0.3, 0.4) is 0 Å². The molecule has 0 spiro atoms. The Hall–Kier alpha value is -3.87. The SMILES string of the molecule is COc1ccc(/C(O)=C2/C(=O)C(=O)N(Cc3ccco3)C2c2cccnc2)cc1C. The van der Waals surface area contributed by atoms with Crippen LogP contribution in [0.2, 0.25) is 0 Å². The maximum absolute atomic E-state index is 13.0. The summed E-state index contributed by atoms with van der Waals surface area (Å²) >= 11 is 0. The summed E-state index contributed by atoms with van der Waals surface area (Å²) < 4.78 is 10.6. The number of methoxy groups -OCH3 is 1. The minimum Gasteiger partial charge on any atom is -0.507 e. The molecule has 30 heavy (non-hydrogen) atoms. The van der Waals surface area contributed by atoms with Crippen molar-refractivity contribution in [3.05, 3.63) is 89.1 Å². The third-order valence-corrected chi connectivity index (χ3v) is 5.11. The normalized spacial score (nSPS) is 18.1. The Morgan fingerprint density at radius 3 is 2.70 bits per heavy atom. The van der Waals surface area contributed by atoms with Crippen LogP contribution in [0.4, 0.5) is 0 Å². The molecule has 2 aromatic heterocycles. The van der Waals surface area contributed by atoms with Crippen molar-refractivity contribution < 1.29 is 23.8 Å². The number of carbonyl (C=O) groups is 2. The number of ether oxygens (including phenoxy) is 1. The number of aromatic nitrogens is 1. The summed E-state index contributed by atoms with van der Waals surface area (Å²) in [5, 5.41) is 11.1. The molecular weight excluding hydrogens is 384 g/mol. The Bertz CT molecular complexity index is 1120. The average molecular weight is 404 g/mol. The summed E-state index contributed by atoms with van der Waals surface area (Å²) in [5.74, 6) is -0.497. The van der Waals surface area contributed by atoms with Gasteiger partial charge >= 0.3 is 0 Å². The molecule has 1 N–H and O–H groups in total. The van der Waals surface area contributed by atoms with Gasteiger partial charge in [-0.25, -0.2) is 0 Å². The van der Waals surface area contributed by atoms with E-state index in [0.29, 0.717) is 22.6 Å². The van der Waals surface area contributed by atoms with E-state index < -0.39 is 17.7 Å². The fourth-order valence-corrected chi connectivity index (χ4v) is 3.68. The second-order valence-electron chi connectivity index (χ2n) is 6.98. The Balaban J connectivity index is 1.85. The second-order valence-corrected chi connectivity index (χ2v) is 6.98. The molecule has 4 rings (SSSR count). The molecule has 0 radical (unpaired) electrons. The lowest BCUT2D eigenvalue weighted by Crippen LogP contribution is -2.29. The van der Waals surface area contributed by atoms with Crippen LogP contribution in [0.1, 0.15) is 28.5 Å². The summed E-state index contributed by atoms with van der Waals surface area (Å²) in [6, 6.07) is 11.2. The fourth-order valence-electron chi connectivity index (χ4n) is 3.68. The molecule has 0 saturated carbocycles. The van der Waals surface area contributed by atoms with Crippen LogP contribution < -0.4 is 4.74 Å². The van der Waals surface area contributed by atoms with E-state index >= 15 is 0 Å². The van der Waals surface area contributed by atoms with Crippen molar-refractivity contribution in [2.75, 3.05) is 7.11 Å². The lowest BCUT2D eigenvalue weighted by molar-refractivity contribution is -0.140. The van der Waals surface area contributed by atoms with E-state index in [1.54, 1.807) is 62.0 Å². The summed E-state index contributed by atoms with van der Waals surface area (Å²) in [6.07, 6.45) is 4.69. The molecule has 0 aliphatic carbocycles. The second kappa shape index (κ2) is 7.87. The maximum Gasteiger partial charge on any atom is 0.296 e. The number of carbonyl (C=O) groups excluding carboxylic acids is 2. The first-order valence-corrected chi connectivity index (χ1v) is 9.37. The van der Waals surface area contributed by atoms with E-state index in [0.717, 1.165) is 5.56 Å². The molecule has 152 valence electrons. The molecule has 1 fully saturated rings. The number of Topliss-reactive ketones (excluding diaryl/α,β-unsaturated/α-hetero) is 1. The minimum atomic E-state index is -0.786. The number of likely N-dealkylation sites (tertiary alicyclic amines) is 1. The molecular formula is C23H20N2O5. The Kier molecular flexibility index (Phi) is 5.10. The highest BCUT2D eigenvalue weighted by molar-refractivity contribution is 6.46. The number of aliphatic hydroxyl groups is 1. The fraction of sp³-hybridized carbons (Fsp3) is 0.174. The highest BCUT2D eigenvalue weighted by atomic mass is 16.5. The third kappa shape index (κ3) is 3.34. The van der Waals surface area contributed by atoms with E-state index in [1.807, 2.05) is 6.92 Å². The van der Waals surface area contributed by atoms with Crippen molar-refractivity contribution in [3.63, 3.8) is 0 Å². The van der Waals surface area contributed by atoms with Gasteiger partial charge in [-0.1, -0.05) is 6.07 Å². The first-order chi connectivity index (χ1) is 14.5. The van der Waals surface area contributed by atoms with Gasteiger partial charge in [0, 0.05) is 18.0 Å². The van der Waals surface area contributed by atoms with Gasteiger partial charge < -0.3 is 19.2 Å². The molecule has 1 aliphatic rings. The van der Waals surface area contributed by atoms with Gasteiger partial charge in [-0.15, -0.1) is 0 Å². The van der Waals surface area contributed by atoms with Gasteiger partial charge in [-0.05, 0) is 54.4 Å². The topological polar surface area (TPSA) is 92.9 Å². The molecule has 1 saturated heterocycles. The zero-order chi connectivity index (χ0) is 21.3. The Morgan fingerprint density at radius 1 is 1.23 bits per heavy atom. The third-order valence-electron chi connectivity index (χ3n) is 5.11. The highest BCUT2D eigenvalue weighted by Gasteiger charge is 2.46. The zero-order valence-corrected chi connectivity index (χ0v) is 16.5. The van der Waals surface area contributed by atoms with Crippen LogP contribution in [0.25, 0.3) is 5.76 Å². The van der Waals surface area contributed by atoms with Crippen molar-refractivity contribution >= 4 is 17.4 Å². The number of nitrogens with zero attached hydrogens (tertiary/aromatic N) is 2. The lowest BCUT2D eigenvalue weighted by Gasteiger charge is -2.24. The summed E-state index contributed by atoms with van der Waals surface area (Å²) in [5.41, 5.74) is 1.86. The average Bonchev–Trinajstić information content (AvgIpc) is 3.36. The van der Waals surface area contributed by atoms with Crippen LogP contribution >= 0.6 is 0 Å². The Morgan fingerprint density at radius 2 is 2.07 bits per heavy atom. The molecule has 7 nitrogen and oxygen atoms in total. The summed E-state index contributed by atoms with van der Waals surface area (Å²) in [6.45, 7) is 1.93. The Labute approximate surface area is 173 Å². The molecule has 1 aliphatic heterocycles. The molecule has 1 amide bonds. The van der Waals surface area contributed by atoms with E-state index in [1.165, 1.54) is 11.2 Å². The standard InChI is InChI=1S/C23H20N2O5/c1-14-11-15(7-8-18(14)29-2)21(26)19-20(16-5-3-9-24-12-16)25(23(28)22(19)27)13-17-6-4-10-30-17/h3-12,20,26H,13H2,1-2H3/b21-19-. The zero-order valence-electron chi connectivity index (χ0n) is 16.5. The first-order valence-electron chi connectivity index (χ1n) is 9.37. The molecule has 1 unspecified atom stereocenters. The van der Waals surface area contributed by atoms with Gasteiger partial charge in [0.25, 0.3) is 11.7 Å². The number of hydrogen-bond acceptors (Lipinski definition) is 6. The number of ketones is 1. The van der Waals surface area contributed by atoms with Crippen LogP contribution in [-0.4, -0.2) is 33.8 Å². The van der Waals surface area contributed by atoms with Gasteiger partial charge in [0.05, 0.1) is 31.5 Å². The van der Waals surface area contributed by atoms with Crippen LogP contribution in [0.15, 0.2) is 71.1 Å². The number of pyridine rings is 1. The van der Waals surface area contributed by atoms with Crippen molar-refractivity contribution in [1.29, 1.82) is 0 Å². The van der Waals surface area contributed by atoms with Gasteiger partial charge in [0.15, 0.2) is 0 Å². The predicted molar refractivity (Wildman–Crippen MR) is 109 cm³/mol. The molecule has 1 atom stereocenters. The minimum absolute atomic E-state index is 0.0177.